The van der Waals surface area contributed by atoms with Gasteiger partial charge in [0.05, 0.1) is 11.0 Å². The molecule has 2 aliphatic heterocycles. The number of aryl methyl sites for hydroxylation is 1. The van der Waals surface area contributed by atoms with Crippen LogP contribution in [0.2, 0.25) is 0 Å². The molecule has 3 nitrogen and oxygen atoms in total. The molecule has 0 saturated heterocycles. The highest BCUT2D eigenvalue weighted by atomic mass is 16.3. The molecule has 0 saturated carbocycles. The first-order valence-corrected chi connectivity index (χ1v) is 14.7. The number of hydrogen-bond donors (Lipinski definition) is 0. The van der Waals surface area contributed by atoms with E-state index in [1.54, 1.807) is 0 Å². The molecule has 198 valence electrons. The summed E-state index contributed by atoms with van der Waals surface area (Å²) in [5, 5.41) is 5.00. The first-order valence-electron chi connectivity index (χ1n) is 14.7. The number of imidazole rings is 1. The van der Waals surface area contributed by atoms with Gasteiger partial charge in [0.15, 0.2) is 0 Å². The molecule has 0 unspecified atom stereocenters. The number of nitrogens with zero attached hydrogens (tertiary/aromatic N) is 2. The molecule has 41 heavy (non-hydrogen) atoms. The van der Waals surface area contributed by atoms with Gasteiger partial charge in [-0.3, -0.25) is 4.57 Å². The van der Waals surface area contributed by atoms with Crippen LogP contribution in [-0.4, -0.2) is 16.3 Å². The van der Waals surface area contributed by atoms with Gasteiger partial charge in [0.2, 0.25) is 0 Å². The molecule has 4 heterocycles. The van der Waals surface area contributed by atoms with Crippen LogP contribution in [0.4, 0.5) is 0 Å². The van der Waals surface area contributed by atoms with E-state index in [0.29, 0.717) is 0 Å². The van der Waals surface area contributed by atoms with Gasteiger partial charge >= 0.3 is 0 Å². The largest absolute Gasteiger partial charge is 0.457 e. The molecule has 0 bridgehead atoms. The Labute approximate surface area is 239 Å². The average molecular weight is 530 g/mol. The zero-order valence-electron chi connectivity index (χ0n) is 24.4. The van der Waals surface area contributed by atoms with Gasteiger partial charge in [-0.1, -0.05) is 95.3 Å². The van der Waals surface area contributed by atoms with E-state index in [9.17, 15) is 0 Å². The number of aromatic nitrogens is 2. The minimum atomic E-state index is -0.226. The van der Waals surface area contributed by atoms with Gasteiger partial charge in [-0.2, -0.15) is 0 Å². The molecule has 0 atom stereocenters. The summed E-state index contributed by atoms with van der Waals surface area (Å²) in [5.41, 5.74) is 13.4. The fraction of sp³-hybridized carbons (Fsp3) is 0.216. The van der Waals surface area contributed by atoms with E-state index in [2.05, 4.69) is 125 Å². The van der Waals surface area contributed by atoms with Crippen molar-refractivity contribution in [1.82, 2.24) is 9.55 Å². The highest BCUT2D eigenvalue weighted by Gasteiger charge is 2.48. The second-order valence-electron chi connectivity index (χ2n) is 13.6. The monoisotopic (exact) mass is 530 g/mol. The van der Waals surface area contributed by atoms with Crippen LogP contribution in [0.5, 0.6) is 0 Å². The van der Waals surface area contributed by atoms with Crippen molar-refractivity contribution < 1.29 is 4.42 Å². The van der Waals surface area contributed by atoms with Crippen LogP contribution in [0.3, 0.4) is 0 Å². The smallest absolute Gasteiger partial charge is 0.252 e. The van der Waals surface area contributed by atoms with Gasteiger partial charge in [0.1, 0.15) is 17.0 Å². The summed E-state index contributed by atoms with van der Waals surface area (Å²) in [5.74, 6) is 1.04. The standard InChI is InChI=1S/C37H31BN2O/c1-20-39-27-19-21(36(2,3)4)18-26-34(27)40(20)28-16-11-15-25-32(28)38(26)33-31(37(25,5)6)23-13-8-7-12-22(23)30-24-14-9-10-17-29(24)41-35(30)33/h7-19H,1-6H3. The minimum Gasteiger partial charge on any atom is -0.457 e. The van der Waals surface area contributed by atoms with Crippen LogP contribution in [0.1, 0.15) is 57.1 Å². The highest BCUT2D eigenvalue weighted by molar-refractivity contribution is 7.00. The van der Waals surface area contributed by atoms with E-state index < -0.39 is 0 Å². The SMILES string of the molecule is Cc1nc2cc(C(C)(C)C)cc3c2n1-c1cccc2c1B3c1c(c3ccccc3c3c1oc1ccccc13)C2(C)C. The molecule has 0 N–H and O–H groups in total. The van der Waals surface area contributed by atoms with Gasteiger partial charge in [-0.05, 0) is 74.4 Å². The number of rotatable bonds is 0. The average Bonchev–Trinajstić information content (AvgIpc) is 3.50. The van der Waals surface area contributed by atoms with Gasteiger partial charge in [0, 0.05) is 21.9 Å². The summed E-state index contributed by atoms with van der Waals surface area (Å²) in [6, 6.07) is 29.1. The van der Waals surface area contributed by atoms with Crippen LogP contribution in [-0.2, 0) is 10.8 Å². The van der Waals surface area contributed by atoms with E-state index in [0.717, 1.165) is 22.5 Å². The maximum absolute atomic E-state index is 6.93. The molecule has 9 rings (SSSR count). The molecule has 0 aliphatic carbocycles. The minimum absolute atomic E-state index is 0.00297. The molecular weight excluding hydrogens is 499 g/mol. The van der Waals surface area contributed by atoms with Crippen LogP contribution < -0.4 is 16.4 Å². The van der Waals surface area contributed by atoms with Crippen molar-refractivity contribution in [1.29, 1.82) is 0 Å². The number of hydrogen-bond acceptors (Lipinski definition) is 2. The lowest BCUT2D eigenvalue weighted by Crippen LogP contribution is -2.63. The summed E-state index contributed by atoms with van der Waals surface area (Å²) >= 11 is 0. The summed E-state index contributed by atoms with van der Waals surface area (Å²) < 4.78 is 9.33. The lowest BCUT2D eigenvalue weighted by Gasteiger charge is -2.42. The summed E-state index contributed by atoms with van der Waals surface area (Å²) in [7, 11) is 0. The number of furan rings is 1. The Balaban J connectivity index is 1.57. The molecule has 0 amide bonds. The van der Waals surface area contributed by atoms with Crippen molar-refractivity contribution in [2.24, 2.45) is 0 Å². The lowest BCUT2D eigenvalue weighted by atomic mass is 9.30. The van der Waals surface area contributed by atoms with Crippen LogP contribution >= 0.6 is 0 Å². The number of para-hydroxylation sites is 1. The highest BCUT2D eigenvalue weighted by Crippen LogP contribution is 2.45. The van der Waals surface area contributed by atoms with Crippen molar-refractivity contribution >= 4 is 66.8 Å². The summed E-state index contributed by atoms with van der Waals surface area (Å²) in [6.45, 7) is 13.9. The lowest BCUT2D eigenvalue weighted by molar-refractivity contribution is 0.591. The third-order valence-electron chi connectivity index (χ3n) is 9.90. The van der Waals surface area contributed by atoms with Crippen molar-refractivity contribution in [3.8, 4) is 5.69 Å². The molecule has 4 heteroatoms. The Hall–Kier alpha value is -4.31. The van der Waals surface area contributed by atoms with Crippen molar-refractivity contribution in [3.05, 3.63) is 101 Å². The van der Waals surface area contributed by atoms with Crippen LogP contribution in [0, 0.1) is 6.92 Å². The van der Waals surface area contributed by atoms with E-state index in [1.807, 2.05) is 0 Å². The van der Waals surface area contributed by atoms with Gasteiger partial charge in [-0.15, -0.1) is 0 Å². The Bertz CT molecular complexity index is 2290. The quantitative estimate of drug-likeness (QED) is 0.195. The third kappa shape index (κ3) is 2.74. The molecule has 2 aromatic heterocycles. The molecule has 5 aromatic carbocycles. The molecule has 2 aliphatic rings. The van der Waals surface area contributed by atoms with Crippen molar-refractivity contribution in [2.75, 3.05) is 0 Å². The van der Waals surface area contributed by atoms with Crippen LogP contribution in [0.25, 0.3) is 49.4 Å². The Morgan fingerprint density at radius 3 is 2.34 bits per heavy atom. The molecule has 0 spiro atoms. The van der Waals surface area contributed by atoms with Gasteiger partial charge in [0.25, 0.3) is 6.71 Å². The van der Waals surface area contributed by atoms with Gasteiger partial charge in [-0.25, -0.2) is 4.98 Å². The van der Waals surface area contributed by atoms with Crippen molar-refractivity contribution in [3.63, 3.8) is 0 Å². The third-order valence-corrected chi connectivity index (χ3v) is 9.90. The topological polar surface area (TPSA) is 31.0 Å². The van der Waals surface area contributed by atoms with Crippen LogP contribution in [0.15, 0.2) is 83.3 Å². The first-order chi connectivity index (χ1) is 19.7. The Kier molecular flexibility index (Phi) is 4.17. The second-order valence-corrected chi connectivity index (χ2v) is 13.6. The molecule has 0 fully saturated rings. The molecule has 0 radical (unpaired) electrons. The Morgan fingerprint density at radius 2 is 1.56 bits per heavy atom. The number of fused-ring (bicyclic) bond motifs is 11. The maximum atomic E-state index is 6.93. The number of benzene rings is 5. The first kappa shape index (κ1) is 23.4. The second kappa shape index (κ2) is 7.30. The van der Waals surface area contributed by atoms with E-state index in [1.165, 1.54) is 65.8 Å². The molecular formula is C37H31BN2O. The van der Waals surface area contributed by atoms with E-state index in [-0.39, 0.29) is 17.5 Å². The maximum Gasteiger partial charge on any atom is 0.252 e. The van der Waals surface area contributed by atoms with Gasteiger partial charge < -0.3 is 4.42 Å². The van der Waals surface area contributed by atoms with E-state index in [4.69, 9.17) is 9.40 Å². The molecule has 7 aromatic rings. The summed E-state index contributed by atoms with van der Waals surface area (Å²) in [6.07, 6.45) is 0. The predicted molar refractivity (Wildman–Crippen MR) is 173 cm³/mol. The fourth-order valence-corrected chi connectivity index (χ4v) is 8.12. The normalized spacial score (nSPS) is 15.2. The fourth-order valence-electron chi connectivity index (χ4n) is 8.12. The zero-order valence-corrected chi connectivity index (χ0v) is 24.4. The predicted octanol–water partition coefficient (Wildman–Crippen LogP) is 7.15. The summed E-state index contributed by atoms with van der Waals surface area (Å²) in [4.78, 5) is 5.16. The van der Waals surface area contributed by atoms with Crippen molar-refractivity contribution in [2.45, 2.75) is 52.4 Å². The van der Waals surface area contributed by atoms with E-state index >= 15 is 0 Å². The Morgan fingerprint density at radius 1 is 0.829 bits per heavy atom. The zero-order chi connectivity index (χ0) is 28.0.